The molecule has 230 valence electrons. The van der Waals surface area contributed by atoms with E-state index in [2.05, 4.69) is 17.0 Å². The summed E-state index contributed by atoms with van der Waals surface area (Å²) in [6.07, 6.45) is 7.36. The first-order chi connectivity index (χ1) is 20.5. The fraction of sp³-hybridized carbons (Fsp3) is 0.529. The van der Waals surface area contributed by atoms with Gasteiger partial charge in [0.2, 0.25) is 5.91 Å². The second-order valence-corrected chi connectivity index (χ2v) is 13.7. The zero-order valence-corrected chi connectivity index (χ0v) is 25.6. The summed E-state index contributed by atoms with van der Waals surface area (Å²) in [6.45, 7) is 4.04. The molecule has 2 heterocycles. The average Bonchev–Trinajstić information content (AvgIpc) is 3.10. The number of rotatable bonds is 1. The lowest BCUT2D eigenvalue weighted by Crippen LogP contribution is -2.49. The number of ether oxygens (including phenoxy) is 1. The van der Waals surface area contributed by atoms with Crippen LogP contribution in [0.2, 0.25) is 5.02 Å². The van der Waals surface area contributed by atoms with Gasteiger partial charge in [0.05, 0.1) is 24.8 Å². The number of fused-ring (bicyclic) bond motifs is 4. The van der Waals surface area contributed by atoms with E-state index in [0.717, 1.165) is 32.1 Å². The maximum Gasteiger partial charge on any atom is 0.340 e. The van der Waals surface area contributed by atoms with Crippen LogP contribution in [-0.2, 0) is 27.0 Å². The van der Waals surface area contributed by atoms with E-state index in [0.29, 0.717) is 42.7 Å². The monoisotopic (exact) mass is 608 g/mol. The standard InChI is InChI=1S/C34H41ClN2O6/c1-21-5-11-29(38)26-9-6-23(26)18-37-19-33(13-3-4-22-14-25(35)8-10-27(22)33)20-43-30-12-7-24(15-28(30)37)34(42,32(40)41)16-31(39)36(2)17-21/h5,7-8,10-12,14-15,21,23,26,29,38,42H,3-4,6,9,13,16-20H2,1-2H3,(H,40,41)/b11-5+/t21-,23-,26+,29?,33-,34-/m0/s1. The molecular weight excluding hydrogens is 568 g/mol. The minimum absolute atomic E-state index is 0.0543. The SMILES string of the molecule is C[C@H]1/C=C/C(O)[C@@H]2CC[C@H]2CN2C[C@@]3(CCCc4cc(Cl)ccc43)COc3ccc(cc32)[C@](O)(C(=O)O)CC(=O)N(C)C1. The van der Waals surface area contributed by atoms with Crippen LogP contribution >= 0.6 is 11.6 Å². The van der Waals surface area contributed by atoms with Crippen LogP contribution in [0.1, 0.15) is 55.7 Å². The summed E-state index contributed by atoms with van der Waals surface area (Å²) >= 11 is 6.39. The van der Waals surface area contributed by atoms with Crippen molar-refractivity contribution in [3.05, 3.63) is 70.3 Å². The van der Waals surface area contributed by atoms with Crippen molar-refractivity contribution in [1.29, 1.82) is 0 Å². The summed E-state index contributed by atoms with van der Waals surface area (Å²) in [7, 11) is 1.61. The minimum atomic E-state index is -2.41. The Hall–Kier alpha value is -3.07. The lowest BCUT2D eigenvalue weighted by molar-refractivity contribution is -0.164. The number of amides is 1. The summed E-state index contributed by atoms with van der Waals surface area (Å²) < 4.78 is 6.53. The largest absolute Gasteiger partial charge is 0.490 e. The van der Waals surface area contributed by atoms with Crippen molar-refractivity contribution in [2.45, 2.75) is 62.6 Å². The van der Waals surface area contributed by atoms with E-state index in [-0.39, 0.29) is 28.7 Å². The molecule has 8 nitrogen and oxygen atoms in total. The van der Waals surface area contributed by atoms with Crippen molar-refractivity contribution in [2.75, 3.05) is 38.2 Å². The van der Waals surface area contributed by atoms with E-state index < -0.39 is 30.0 Å². The number of hydrogen-bond acceptors (Lipinski definition) is 6. The van der Waals surface area contributed by atoms with E-state index in [1.54, 1.807) is 25.2 Å². The van der Waals surface area contributed by atoms with Crippen molar-refractivity contribution in [3.63, 3.8) is 0 Å². The van der Waals surface area contributed by atoms with Gasteiger partial charge in [0.1, 0.15) is 5.75 Å². The first-order valence-corrected chi connectivity index (χ1v) is 15.7. The smallest absolute Gasteiger partial charge is 0.340 e. The van der Waals surface area contributed by atoms with E-state index in [4.69, 9.17) is 16.3 Å². The van der Waals surface area contributed by atoms with Gasteiger partial charge in [-0.1, -0.05) is 42.8 Å². The molecule has 1 amide bonds. The number of aliphatic hydroxyl groups excluding tert-OH is 1. The van der Waals surface area contributed by atoms with Crippen LogP contribution in [0, 0.1) is 17.8 Å². The number of aryl methyl sites for hydroxylation is 1. The molecule has 1 saturated carbocycles. The Morgan fingerprint density at radius 2 is 1.93 bits per heavy atom. The molecule has 1 fully saturated rings. The van der Waals surface area contributed by atoms with Gasteiger partial charge in [-0.2, -0.15) is 0 Å². The molecule has 3 N–H and O–H groups in total. The molecule has 1 unspecified atom stereocenters. The van der Waals surface area contributed by atoms with Crippen LogP contribution in [0.15, 0.2) is 48.6 Å². The molecule has 2 aromatic rings. The number of carbonyl (C=O) groups is 2. The lowest BCUT2D eigenvalue weighted by Gasteiger charge is -2.45. The van der Waals surface area contributed by atoms with Gasteiger partial charge in [-0.3, -0.25) is 4.79 Å². The van der Waals surface area contributed by atoms with Gasteiger partial charge in [-0.25, -0.2) is 4.79 Å². The first kappa shape index (κ1) is 30.0. The first-order valence-electron chi connectivity index (χ1n) is 15.4. The Labute approximate surface area is 257 Å². The molecular formula is C34H41ClN2O6. The Bertz CT molecular complexity index is 1450. The lowest BCUT2D eigenvalue weighted by atomic mass is 9.68. The highest BCUT2D eigenvalue weighted by molar-refractivity contribution is 6.30. The predicted molar refractivity (Wildman–Crippen MR) is 165 cm³/mol. The van der Waals surface area contributed by atoms with Crippen molar-refractivity contribution in [1.82, 2.24) is 4.90 Å². The Kier molecular flexibility index (Phi) is 7.98. The molecule has 6 atom stereocenters. The van der Waals surface area contributed by atoms with Crippen molar-refractivity contribution in [3.8, 4) is 5.75 Å². The maximum atomic E-state index is 13.2. The zero-order valence-electron chi connectivity index (χ0n) is 24.8. The quantitative estimate of drug-likeness (QED) is 0.408. The Morgan fingerprint density at radius 3 is 2.67 bits per heavy atom. The molecule has 0 radical (unpaired) electrons. The van der Waals surface area contributed by atoms with E-state index in [9.17, 15) is 24.9 Å². The van der Waals surface area contributed by atoms with Crippen molar-refractivity contribution >= 4 is 29.2 Å². The third-order valence-electron chi connectivity index (χ3n) is 10.3. The Balaban J connectivity index is 1.46. The second kappa shape index (κ2) is 11.5. The predicted octanol–water partition coefficient (Wildman–Crippen LogP) is 4.53. The number of hydrogen-bond donors (Lipinski definition) is 3. The topological polar surface area (TPSA) is 111 Å². The molecule has 43 heavy (non-hydrogen) atoms. The molecule has 2 aromatic carbocycles. The summed E-state index contributed by atoms with van der Waals surface area (Å²) in [5, 5.41) is 33.7. The van der Waals surface area contributed by atoms with Gasteiger partial charge in [-0.15, -0.1) is 0 Å². The summed E-state index contributed by atoms with van der Waals surface area (Å²) in [5.74, 6) is -1.07. The summed E-state index contributed by atoms with van der Waals surface area (Å²) in [6, 6.07) is 11.1. The van der Waals surface area contributed by atoms with Gasteiger partial charge in [-0.05, 0) is 90.8 Å². The number of halogens is 1. The number of nitrogens with zero attached hydrogens (tertiary/aromatic N) is 2. The third kappa shape index (κ3) is 5.54. The number of aliphatic hydroxyl groups is 2. The number of carbonyl (C=O) groups excluding carboxylic acids is 1. The maximum absolute atomic E-state index is 13.2. The minimum Gasteiger partial charge on any atom is -0.490 e. The molecule has 2 aliphatic heterocycles. The van der Waals surface area contributed by atoms with Crippen LogP contribution in [0.25, 0.3) is 0 Å². The molecule has 9 heteroatoms. The van der Waals surface area contributed by atoms with E-state index in [1.165, 1.54) is 16.0 Å². The zero-order chi connectivity index (χ0) is 30.5. The molecule has 0 aromatic heterocycles. The number of carboxylic acids is 1. The van der Waals surface area contributed by atoms with E-state index >= 15 is 0 Å². The van der Waals surface area contributed by atoms with Crippen LogP contribution in [0.4, 0.5) is 5.69 Å². The van der Waals surface area contributed by atoms with Crippen molar-refractivity contribution < 1.29 is 29.6 Å². The van der Waals surface area contributed by atoms with Gasteiger partial charge >= 0.3 is 5.97 Å². The summed E-state index contributed by atoms with van der Waals surface area (Å²) in [5.41, 5.74) is 0.574. The van der Waals surface area contributed by atoms with E-state index in [1.807, 2.05) is 25.1 Å². The van der Waals surface area contributed by atoms with Gasteiger partial charge < -0.3 is 29.9 Å². The number of anilines is 1. The number of carboxylic acid groups (broad SMARTS) is 1. The van der Waals surface area contributed by atoms with Gasteiger partial charge in [0, 0.05) is 37.1 Å². The molecule has 2 bridgehead atoms. The number of aliphatic carboxylic acids is 1. The highest BCUT2D eigenvalue weighted by Crippen LogP contribution is 2.47. The summed E-state index contributed by atoms with van der Waals surface area (Å²) in [4.78, 5) is 29.5. The van der Waals surface area contributed by atoms with Crippen LogP contribution in [0.5, 0.6) is 5.75 Å². The van der Waals surface area contributed by atoms with Crippen LogP contribution in [-0.4, -0.2) is 71.5 Å². The normalized spacial score (nSPS) is 33.5. The molecule has 4 aliphatic rings. The molecule has 6 rings (SSSR count). The molecule has 1 spiro atoms. The van der Waals surface area contributed by atoms with Gasteiger partial charge in [0.15, 0.2) is 5.60 Å². The Morgan fingerprint density at radius 1 is 1.12 bits per heavy atom. The van der Waals surface area contributed by atoms with Crippen LogP contribution in [0.3, 0.4) is 0 Å². The van der Waals surface area contributed by atoms with Crippen LogP contribution < -0.4 is 9.64 Å². The fourth-order valence-corrected chi connectivity index (χ4v) is 7.82. The highest BCUT2D eigenvalue weighted by atomic mass is 35.5. The average molecular weight is 609 g/mol. The fourth-order valence-electron chi connectivity index (χ4n) is 7.62. The highest BCUT2D eigenvalue weighted by Gasteiger charge is 2.46. The third-order valence-corrected chi connectivity index (χ3v) is 10.5. The second-order valence-electron chi connectivity index (χ2n) is 13.3. The molecule has 0 saturated heterocycles. The molecule has 2 aliphatic carbocycles. The van der Waals surface area contributed by atoms with Crippen molar-refractivity contribution in [2.24, 2.45) is 17.8 Å². The van der Waals surface area contributed by atoms with Gasteiger partial charge in [0.25, 0.3) is 0 Å². The number of benzene rings is 2.